The van der Waals surface area contributed by atoms with Gasteiger partial charge in [0.05, 0.1) is 20.0 Å². The van der Waals surface area contributed by atoms with Crippen LogP contribution in [0.1, 0.15) is 10.4 Å². The Morgan fingerprint density at radius 1 is 0.950 bits per heavy atom. The number of carbonyl (C=O) groups excluding carboxylic acids is 1. The van der Waals surface area contributed by atoms with Crippen molar-refractivity contribution in [2.24, 2.45) is 0 Å². The van der Waals surface area contributed by atoms with Gasteiger partial charge in [-0.3, -0.25) is 4.79 Å². The Balaban J connectivity index is 2.16. The molecule has 0 aromatic heterocycles. The third-order valence-corrected chi connectivity index (χ3v) is 3.83. The Hall–Kier alpha value is -1.94. The minimum Gasteiger partial charge on any atom is -0.496 e. The molecule has 104 valence electrons. The fourth-order valence-corrected chi connectivity index (χ4v) is 2.66. The number of carbonyl (C=O) groups is 1. The molecule has 0 aliphatic heterocycles. The van der Waals surface area contributed by atoms with Crippen molar-refractivity contribution in [2.45, 2.75) is 4.90 Å². The van der Waals surface area contributed by atoms with E-state index >= 15 is 0 Å². The molecular formula is C16H16O3S. The summed E-state index contributed by atoms with van der Waals surface area (Å²) in [5, 5.41) is 0. The second-order valence-corrected chi connectivity index (χ2v) is 5.11. The van der Waals surface area contributed by atoms with Gasteiger partial charge in [-0.15, -0.1) is 11.8 Å². The molecule has 0 N–H and O–H groups in total. The van der Waals surface area contributed by atoms with Crippen LogP contribution in [0.2, 0.25) is 0 Å². The molecular weight excluding hydrogens is 272 g/mol. The lowest BCUT2D eigenvalue weighted by atomic mass is 10.1. The van der Waals surface area contributed by atoms with Crippen LogP contribution in [-0.4, -0.2) is 25.8 Å². The van der Waals surface area contributed by atoms with E-state index in [4.69, 9.17) is 9.47 Å². The van der Waals surface area contributed by atoms with Crippen LogP contribution >= 0.6 is 11.8 Å². The number of benzene rings is 2. The molecule has 2 aromatic carbocycles. The second kappa shape index (κ2) is 7.01. The van der Waals surface area contributed by atoms with E-state index in [1.165, 1.54) is 11.8 Å². The number of Topliss-reactive ketones (excluding diaryl/α,β-unsaturated/α-hetero) is 1. The quantitative estimate of drug-likeness (QED) is 0.600. The van der Waals surface area contributed by atoms with Crippen molar-refractivity contribution in [2.75, 3.05) is 20.0 Å². The smallest absolute Gasteiger partial charge is 0.180 e. The van der Waals surface area contributed by atoms with Gasteiger partial charge in [0.15, 0.2) is 5.78 Å². The zero-order chi connectivity index (χ0) is 14.4. The third kappa shape index (κ3) is 3.33. The average Bonchev–Trinajstić information content (AvgIpc) is 2.52. The molecule has 20 heavy (non-hydrogen) atoms. The summed E-state index contributed by atoms with van der Waals surface area (Å²) in [5.74, 6) is 1.43. The topological polar surface area (TPSA) is 35.5 Å². The highest BCUT2D eigenvalue weighted by molar-refractivity contribution is 8.00. The zero-order valence-corrected chi connectivity index (χ0v) is 12.3. The molecule has 0 spiro atoms. The van der Waals surface area contributed by atoms with Gasteiger partial charge in [0, 0.05) is 4.90 Å². The number of methoxy groups -OCH3 is 2. The minimum atomic E-state index is -0.00634. The minimum absolute atomic E-state index is 0.00634. The Morgan fingerprint density at radius 3 is 2.10 bits per heavy atom. The van der Waals surface area contributed by atoms with Gasteiger partial charge in [-0.25, -0.2) is 0 Å². The summed E-state index contributed by atoms with van der Waals surface area (Å²) >= 11 is 1.50. The monoisotopic (exact) mass is 288 g/mol. The van der Waals surface area contributed by atoms with Crippen molar-refractivity contribution in [1.29, 1.82) is 0 Å². The molecule has 0 amide bonds. The van der Waals surface area contributed by atoms with Crippen molar-refractivity contribution in [3.8, 4) is 11.5 Å². The van der Waals surface area contributed by atoms with E-state index in [1.807, 2.05) is 30.3 Å². The maximum absolute atomic E-state index is 12.4. The summed E-state index contributed by atoms with van der Waals surface area (Å²) in [4.78, 5) is 13.5. The summed E-state index contributed by atoms with van der Waals surface area (Å²) in [6.45, 7) is 0. The van der Waals surface area contributed by atoms with E-state index in [0.29, 0.717) is 22.8 Å². The van der Waals surface area contributed by atoms with E-state index < -0.39 is 0 Å². The molecule has 2 aromatic rings. The largest absolute Gasteiger partial charge is 0.496 e. The standard InChI is InChI=1S/C16H16O3S/c1-18-14-9-6-10-15(19-2)16(14)13(17)11-20-12-7-4-3-5-8-12/h3-10H,11H2,1-2H3. The van der Waals surface area contributed by atoms with E-state index in [-0.39, 0.29) is 5.78 Å². The van der Waals surface area contributed by atoms with Gasteiger partial charge in [0.25, 0.3) is 0 Å². The van der Waals surface area contributed by atoms with Crippen LogP contribution in [0.4, 0.5) is 0 Å². The van der Waals surface area contributed by atoms with Gasteiger partial charge in [-0.1, -0.05) is 24.3 Å². The third-order valence-electron chi connectivity index (χ3n) is 2.82. The van der Waals surface area contributed by atoms with Gasteiger partial charge in [-0.05, 0) is 24.3 Å². The fraction of sp³-hybridized carbons (Fsp3) is 0.188. The SMILES string of the molecule is COc1cccc(OC)c1C(=O)CSc1ccccc1. The Morgan fingerprint density at radius 2 is 1.55 bits per heavy atom. The molecule has 0 atom stereocenters. The Bertz CT molecular complexity index is 559. The van der Waals surface area contributed by atoms with E-state index in [0.717, 1.165) is 4.90 Å². The number of thioether (sulfide) groups is 1. The molecule has 0 fully saturated rings. The zero-order valence-electron chi connectivity index (χ0n) is 11.5. The number of ether oxygens (including phenoxy) is 2. The van der Waals surface area contributed by atoms with Crippen LogP contribution < -0.4 is 9.47 Å². The first-order valence-corrected chi connectivity index (χ1v) is 7.17. The van der Waals surface area contributed by atoms with Crippen molar-refractivity contribution in [1.82, 2.24) is 0 Å². The first-order valence-electron chi connectivity index (χ1n) is 6.18. The fourth-order valence-electron chi connectivity index (χ4n) is 1.86. The number of hydrogen-bond donors (Lipinski definition) is 0. The number of hydrogen-bond acceptors (Lipinski definition) is 4. The molecule has 0 aliphatic carbocycles. The predicted molar refractivity (Wildman–Crippen MR) is 81.0 cm³/mol. The normalized spacial score (nSPS) is 10.1. The van der Waals surface area contributed by atoms with Crippen LogP contribution in [0, 0.1) is 0 Å². The molecule has 0 saturated heterocycles. The van der Waals surface area contributed by atoms with Crippen LogP contribution in [0.25, 0.3) is 0 Å². The van der Waals surface area contributed by atoms with Gasteiger partial charge in [-0.2, -0.15) is 0 Å². The molecule has 0 aliphatic rings. The molecule has 2 rings (SSSR count). The number of rotatable bonds is 6. The van der Waals surface area contributed by atoms with E-state index in [9.17, 15) is 4.79 Å². The second-order valence-electron chi connectivity index (χ2n) is 4.06. The van der Waals surface area contributed by atoms with Crippen LogP contribution in [-0.2, 0) is 0 Å². The van der Waals surface area contributed by atoms with Crippen molar-refractivity contribution in [3.05, 3.63) is 54.1 Å². The molecule has 0 heterocycles. The summed E-state index contributed by atoms with van der Waals surface area (Å²) in [5.41, 5.74) is 0.501. The number of ketones is 1. The van der Waals surface area contributed by atoms with Crippen molar-refractivity contribution >= 4 is 17.5 Å². The lowest BCUT2D eigenvalue weighted by molar-refractivity contribution is 0.101. The highest BCUT2D eigenvalue weighted by Crippen LogP contribution is 2.30. The first-order chi connectivity index (χ1) is 9.76. The van der Waals surface area contributed by atoms with Crippen LogP contribution in [0.5, 0.6) is 11.5 Å². The van der Waals surface area contributed by atoms with Gasteiger partial charge in [0.2, 0.25) is 0 Å². The summed E-state index contributed by atoms with van der Waals surface area (Å²) in [6.07, 6.45) is 0. The molecule has 0 unspecified atom stereocenters. The molecule has 3 nitrogen and oxygen atoms in total. The summed E-state index contributed by atoms with van der Waals surface area (Å²) < 4.78 is 10.5. The first kappa shape index (κ1) is 14.5. The Kier molecular flexibility index (Phi) is 5.07. The van der Waals surface area contributed by atoms with Gasteiger partial charge in [0.1, 0.15) is 17.1 Å². The highest BCUT2D eigenvalue weighted by atomic mass is 32.2. The molecule has 0 saturated carbocycles. The van der Waals surface area contributed by atoms with E-state index in [2.05, 4.69) is 0 Å². The summed E-state index contributed by atoms with van der Waals surface area (Å²) in [7, 11) is 3.10. The lowest BCUT2D eigenvalue weighted by Crippen LogP contribution is -2.07. The molecule has 0 radical (unpaired) electrons. The van der Waals surface area contributed by atoms with Crippen LogP contribution in [0.15, 0.2) is 53.4 Å². The van der Waals surface area contributed by atoms with Crippen molar-refractivity contribution in [3.63, 3.8) is 0 Å². The van der Waals surface area contributed by atoms with Gasteiger partial charge < -0.3 is 9.47 Å². The molecule has 0 bridgehead atoms. The maximum atomic E-state index is 12.4. The molecule has 4 heteroatoms. The average molecular weight is 288 g/mol. The maximum Gasteiger partial charge on any atom is 0.180 e. The highest BCUT2D eigenvalue weighted by Gasteiger charge is 2.18. The van der Waals surface area contributed by atoms with Crippen LogP contribution in [0.3, 0.4) is 0 Å². The van der Waals surface area contributed by atoms with Crippen molar-refractivity contribution < 1.29 is 14.3 Å². The lowest BCUT2D eigenvalue weighted by Gasteiger charge is -2.11. The van der Waals surface area contributed by atoms with E-state index in [1.54, 1.807) is 32.4 Å². The predicted octanol–water partition coefficient (Wildman–Crippen LogP) is 3.68. The summed E-state index contributed by atoms with van der Waals surface area (Å²) in [6, 6.07) is 15.2. The Labute approximate surface area is 122 Å². The van der Waals surface area contributed by atoms with Gasteiger partial charge >= 0.3 is 0 Å².